The number of benzene rings is 1. The summed E-state index contributed by atoms with van der Waals surface area (Å²) in [6.07, 6.45) is 1.74. The van der Waals surface area contributed by atoms with Crippen LogP contribution in [0.3, 0.4) is 0 Å². The van der Waals surface area contributed by atoms with Crippen LogP contribution in [0.2, 0.25) is 5.02 Å². The number of hydrogen-bond donors (Lipinski definition) is 1. The fourth-order valence-corrected chi connectivity index (χ4v) is 2.47. The minimum absolute atomic E-state index is 0.0572. The van der Waals surface area contributed by atoms with E-state index in [4.69, 9.17) is 17.3 Å². The highest BCUT2D eigenvalue weighted by molar-refractivity contribution is 6.31. The quantitative estimate of drug-likeness (QED) is 0.933. The van der Waals surface area contributed by atoms with Crippen LogP contribution in [0, 0.1) is 6.92 Å². The van der Waals surface area contributed by atoms with E-state index in [9.17, 15) is 0 Å². The van der Waals surface area contributed by atoms with Gasteiger partial charge in [0, 0.05) is 19.5 Å². The van der Waals surface area contributed by atoms with E-state index in [0.717, 1.165) is 28.4 Å². The molecule has 0 bridgehead atoms. The first-order valence-corrected chi connectivity index (χ1v) is 6.93. The summed E-state index contributed by atoms with van der Waals surface area (Å²) >= 11 is 6.25. The lowest BCUT2D eigenvalue weighted by molar-refractivity contribution is 0.639. The maximum absolute atomic E-state index is 6.27. The highest BCUT2D eigenvalue weighted by atomic mass is 35.5. The maximum Gasteiger partial charge on any atom is 0.0847 e. The van der Waals surface area contributed by atoms with Crippen LogP contribution in [0.5, 0.6) is 0 Å². The van der Waals surface area contributed by atoms with Crippen LogP contribution in [0.4, 0.5) is 0 Å². The van der Waals surface area contributed by atoms with Gasteiger partial charge in [0.05, 0.1) is 16.4 Å². The summed E-state index contributed by atoms with van der Waals surface area (Å²) in [5.74, 6) is 0. The first-order chi connectivity index (χ1) is 9.02. The molecule has 102 valence electrons. The molecule has 0 spiro atoms. The molecular weight excluding hydrogens is 258 g/mol. The van der Waals surface area contributed by atoms with E-state index < -0.39 is 0 Å². The number of hydrogen-bond acceptors (Lipinski definition) is 2. The normalized spacial score (nSPS) is 12.7. The molecule has 1 aromatic heterocycles. The van der Waals surface area contributed by atoms with Gasteiger partial charge < -0.3 is 5.73 Å². The van der Waals surface area contributed by atoms with Gasteiger partial charge in [0.25, 0.3) is 0 Å². The van der Waals surface area contributed by atoms with E-state index in [1.54, 1.807) is 0 Å². The van der Waals surface area contributed by atoms with Gasteiger partial charge in [0.15, 0.2) is 0 Å². The Morgan fingerprint density at radius 1 is 1.32 bits per heavy atom. The third-order valence-corrected chi connectivity index (χ3v) is 3.98. The lowest BCUT2D eigenvalue weighted by Gasteiger charge is -2.13. The van der Waals surface area contributed by atoms with Gasteiger partial charge in [0.2, 0.25) is 0 Å². The molecule has 19 heavy (non-hydrogen) atoms. The van der Waals surface area contributed by atoms with Crippen molar-refractivity contribution in [3.63, 3.8) is 0 Å². The molecule has 0 saturated carbocycles. The number of aromatic nitrogens is 2. The standard InChI is InChI=1S/C15H20ClN3/c1-4-11-5-7-12(8-6-11)13(17)9-14-15(16)10(2)18-19(14)3/h5-8,13H,4,9,17H2,1-3H3. The third kappa shape index (κ3) is 2.99. The SMILES string of the molecule is CCc1ccc(C(N)Cc2c(Cl)c(C)nn2C)cc1. The zero-order chi connectivity index (χ0) is 14.0. The van der Waals surface area contributed by atoms with Crippen LogP contribution in [0.25, 0.3) is 0 Å². The highest BCUT2D eigenvalue weighted by Gasteiger charge is 2.15. The first kappa shape index (κ1) is 14.1. The molecule has 1 unspecified atom stereocenters. The van der Waals surface area contributed by atoms with Crippen molar-refractivity contribution in [2.45, 2.75) is 32.7 Å². The highest BCUT2D eigenvalue weighted by Crippen LogP contribution is 2.24. The summed E-state index contributed by atoms with van der Waals surface area (Å²) in [7, 11) is 1.90. The van der Waals surface area contributed by atoms with Gasteiger partial charge >= 0.3 is 0 Å². The molecule has 1 heterocycles. The van der Waals surface area contributed by atoms with E-state index in [2.05, 4.69) is 36.3 Å². The lowest BCUT2D eigenvalue weighted by Crippen LogP contribution is -2.15. The van der Waals surface area contributed by atoms with Gasteiger partial charge in [-0.05, 0) is 24.5 Å². The van der Waals surface area contributed by atoms with Crippen LogP contribution >= 0.6 is 11.6 Å². The molecule has 0 aliphatic heterocycles. The van der Waals surface area contributed by atoms with Crippen molar-refractivity contribution in [3.05, 3.63) is 51.8 Å². The Morgan fingerprint density at radius 2 is 1.95 bits per heavy atom. The number of aryl methyl sites for hydroxylation is 3. The molecular formula is C15H20ClN3. The Labute approximate surface area is 119 Å². The molecule has 0 saturated heterocycles. The second-order valence-electron chi connectivity index (χ2n) is 4.88. The van der Waals surface area contributed by atoms with Crippen LogP contribution in [0.15, 0.2) is 24.3 Å². The fourth-order valence-electron chi connectivity index (χ4n) is 2.23. The molecule has 1 aromatic carbocycles. The topological polar surface area (TPSA) is 43.8 Å². The zero-order valence-electron chi connectivity index (χ0n) is 11.7. The predicted octanol–water partition coefficient (Wildman–Crippen LogP) is 3.19. The predicted molar refractivity (Wildman–Crippen MR) is 79.4 cm³/mol. The summed E-state index contributed by atoms with van der Waals surface area (Å²) < 4.78 is 1.82. The largest absolute Gasteiger partial charge is 0.324 e. The third-order valence-electron chi connectivity index (χ3n) is 3.49. The van der Waals surface area contributed by atoms with Crippen molar-refractivity contribution < 1.29 is 0 Å². The second kappa shape index (κ2) is 5.76. The number of nitrogens with zero attached hydrogens (tertiary/aromatic N) is 2. The van der Waals surface area contributed by atoms with Crippen molar-refractivity contribution in [1.82, 2.24) is 9.78 Å². The first-order valence-electron chi connectivity index (χ1n) is 6.55. The molecule has 0 radical (unpaired) electrons. The summed E-state index contributed by atoms with van der Waals surface area (Å²) in [6.45, 7) is 4.06. The van der Waals surface area contributed by atoms with Crippen molar-refractivity contribution >= 4 is 11.6 Å². The van der Waals surface area contributed by atoms with Crippen LogP contribution in [0.1, 0.15) is 35.5 Å². The Balaban J connectivity index is 2.17. The summed E-state index contributed by atoms with van der Waals surface area (Å²) in [5.41, 5.74) is 10.6. The monoisotopic (exact) mass is 277 g/mol. The van der Waals surface area contributed by atoms with Gasteiger partial charge in [-0.15, -0.1) is 0 Å². The molecule has 2 rings (SSSR count). The Bertz CT molecular complexity index is 558. The van der Waals surface area contributed by atoms with E-state index >= 15 is 0 Å². The molecule has 0 aliphatic carbocycles. The van der Waals surface area contributed by atoms with Crippen molar-refractivity contribution in [1.29, 1.82) is 0 Å². The lowest BCUT2D eigenvalue weighted by atomic mass is 10.0. The summed E-state index contributed by atoms with van der Waals surface area (Å²) in [6, 6.07) is 8.40. The Kier molecular flexibility index (Phi) is 4.27. The zero-order valence-corrected chi connectivity index (χ0v) is 12.4. The maximum atomic E-state index is 6.27. The van der Waals surface area contributed by atoms with Gasteiger partial charge in [-0.25, -0.2) is 0 Å². The second-order valence-corrected chi connectivity index (χ2v) is 5.25. The molecule has 0 aliphatic rings. The molecule has 1 atom stereocenters. The number of halogens is 1. The van der Waals surface area contributed by atoms with Crippen LogP contribution in [-0.2, 0) is 19.9 Å². The Hall–Kier alpha value is -1.32. The smallest absolute Gasteiger partial charge is 0.0847 e. The van der Waals surface area contributed by atoms with E-state index in [-0.39, 0.29) is 6.04 Å². The van der Waals surface area contributed by atoms with Gasteiger partial charge in [-0.2, -0.15) is 5.10 Å². The van der Waals surface area contributed by atoms with Crippen molar-refractivity contribution in [2.75, 3.05) is 0 Å². The number of nitrogens with two attached hydrogens (primary N) is 1. The molecule has 3 nitrogen and oxygen atoms in total. The van der Waals surface area contributed by atoms with Crippen LogP contribution in [-0.4, -0.2) is 9.78 Å². The average Bonchev–Trinajstić information content (AvgIpc) is 2.65. The van der Waals surface area contributed by atoms with Crippen molar-refractivity contribution in [3.8, 4) is 0 Å². The van der Waals surface area contributed by atoms with Crippen LogP contribution < -0.4 is 5.73 Å². The van der Waals surface area contributed by atoms with E-state index in [1.165, 1.54) is 5.56 Å². The minimum atomic E-state index is -0.0572. The molecule has 0 fully saturated rings. The van der Waals surface area contributed by atoms with Crippen molar-refractivity contribution in [2.24, 2.45) is 12.8 Å². The van der Waals surface area contributed by atoms with E-state index in [1.807, 2.05) is 18.7 Å². The Morgan fingerprint density at radius 3 is 2.42 bits per heavy atom. The summed E-state index contributed by atoms with van der Waals surface area (Å²) in [5, 5.41) is 5.04. The minimum Gasteiger partial charge on any atom is -0.324 e. The van der Waals surface area contributed by atoms with E-state index in [0.29, 0.717) is 6.42 Å². The fraction of sp³-hybridized carbons (Fsp3) is 0.400. The molecule has 0 amide bonds. The molecule has 4 heteroatoms. The average molecular weight is 278 g/mol. The molecule has 2 aromatic rings. The van der Waals surface area contributed by atoms with Gasteiger partial charge in [-0.1, -0.05) is 42.8 Å². The summed E-state index contributed by atoms with van der Waals surface area (Å²) in [4.78, 5) is 0. The molecule has 2 N–H and O–H groups in total. The van der Waals surface area contributed by atoms with Gasteiger partial charge in [-0.3, -0.25) is 4.68 Å². The number of rotatable bonds is 4. The van der Waals surface area contributed by atoms with Gasteiger partial charge in [0.1, 0.15) is 0 Å².